The smallest absolute Gasteiger partial charge is 0.322 e. The van der Waals surface area contributed by atoms with Crippen LogP contribution in [-0.2, 0) is 11.3 Å². The van der Waals surface area contributed by atoms with Crippen LogP contribution in [0.3, 0.4) is 0 Å². The first-order valence-corrected chi connectivity index (χ1v) is 7.42. The Morgan fingerprint density at radius 1 is 1.48 bits per heavy atom. The van der Waals surface area contributed by atoms with Crippen LogP contribution < -0.4 is 5.32 Å². The Balaban J connectivity index is 1.95. The number of rotatable bonds is 5. The predicted molar refractivity (Wildman–Crippen MR) is 78.1 cm³/mol. The van der Waals surface area contributed by atoms with E-state index in [1.165, 1.54) is 0 Å². The van der Waals surface area contributed by atoms with Crippen LogP contribution >= 0.6 is 0 Å². The number of carbonyl (C=O) groups is 2. The lowest BCUT2D eigenvalue weighted by atomic mass is 9.98. The van der Waals surface area contributed by atoms with Crippen LogP contribution in [0.1, 0.15) is 39.0 Å². The first-order chi connectivity index (χ1) is 10.1. The fourth-order valence-corrected chi connectivity index (χ4v) is 2.65. The van der Waals surface area contributed by atoms with Crippen molar-refractivity contribution >= 4 is 17.7 Å². The van der Waals surface area contributed by atoms with Crippen LogP contribution in [0.5, 0.6) is 0 Å². The molecule has 21 heavy (non-hydrogen) atoms. The number of carboxylic acid groups (broad SMARTS) is 1. The Kier molecular flexibility index (Phi) is 5.19. The molecule has 2 rings (SSSR count). The number of aromatic nitrogens is 2. The first kappa shape index (κ1) is 15.3. The highest BCUT2D eigenvalue weighted by Gasteiger charge is 2.27. The predicted octanol–water partition coefficient (Wildman–Crippen LogP) is 2.15. The summed E-state index contributed by atoms with van der Waals surface area (Å²) < 4.78 is 1.74. The molecule has 7 nitrogen and oxygen atoms in total. The number of aliphatic carboxylic acids is 1. The Morgan fingerprint density at radius 3 is 2.95 bits per heavy atom. The normalized spacial score (nSPS) is 18.5. The van der Waals surface area contributed by atoms with E-state index in [2.05, 4.69) is 10.4 Å². The maximum absolute atomic E-state index is 12.4. The van der Waals surface area contributed by atoms with Crippen molar-refractivity contribution in [3.8, 4) is 0 Å². The Morgan fingerprint density at radius 2 is 2.29 bits per heavy atom. The first-order valence-electron chi connectivity index (χ1n) is 7.42. The van der Waals surface area contributed by atoms with Gasteiger partial charge in [0, 0.05) is 31.7 Å². The fraction of sp³-hybridized carbons (Fsp3) is 0.643. The summed E-state index contributed by atoms with van der Waals surface area (Å²) in [6.07, 6.45) is 6.90. The maximum atomic E-state index is 12.4. The van der Waals surface area contributed by atoms with E-state index in [0.29, 0.717) is 18.7 Å². The lowest BCUT2D eigenvalue weighted by molar-refractivity contribution is -0.137. The highest BCUT2D eigenvalue weighted by molar-refractivity contribution is 5.89. The number of nitrogens with zero attached hydrogens (tertiary/aromatic N) is 3. The number of hydrogen-bond donors (Lipinski definition) is 2. The van der Waals surface area contributed by atoms with E-state index >= 15 is 0 Å². The third kappa shape index (κ3) is 4.21. The molecule has 0 aromatic carbocycles. The van der Waals surface area contributed by atoms with E-state index in [0.717, 1.165) is 25.8 Å². The molecule has 116 valence electrons. The molecule has 1 aliphatic rings. The molecule has 1 aliphatic heterocycles. The molecule has 1 saturated heterocycles. The van der Waals surface area contributed by atoms with Gasteiger partial charge in [-0.1, -0.05) is 0 Å². The number of aryl methyl sites for hydroxylation is 1. The van der Waals surface area contributed by atoms with E-state index in [4.69, 9.17) is 5.11 Å². The highest BCUT2D eigenvalue weighted by atomic mass is 16.4. The van der Waals surface area contributed by atoms with E-state index in [1.807, 2.05) is 6.92 Å². The largest absolute Gasteiger partial charge is 0.481 e. The SMILES string of the molecule is CCn1cc(NC(=O)N2CCCCC2CCC(=O)O)cn1. The Bertz CT molecular complexity index is 500. The van der Waals surface area contributed by atoms with Gasteiger partial charge in [-0.3, -0.25) is 9.48 Å². The lowest BCUT2D eigenvalue weighted by Gasteiger charge is -2.35. The quantitative estimate of drug-likeness (QED) is 0.871. The second-order valence-electron chi connectivity index (χ2n) is 5.29. The van der Waals surface area contributed by atoms with Gasteiger partial charge < -0.3 is 15.3 Å². The Labute approximate surface area is 123 Å². The van der Waals surface area contributed by atoms with Crippen LogP contribution in [0, 0.1) is 0 Å². The van der Waals surface area contributed by atoms with E-state index < -0.39 is 5.97 Å². The molecule has 0 saturated carbocycles. The standard InChI is InChI=1S/C14H22N4O3/c1-2-17-10-11(9-15-17)16-14(21)18-8-4-3-5-12(18)6-7-13(19)20/h9-10,12H,2-8H2,1H3,(H,16,21)(H,19,20). The number of carbonyl (C=O) groups excluding carboxylic acids is 1. The molecule has 0 bridgehead atoms. The zero-order chi connectivity index (χ0) is 15.2. The van der Waals surface area contributed by atoms with Crippen LogP contribution in [0.15, 0.2) is 12.4 Å². The van der Waals surface area contributed by atoms with Crippen molar-refractivity contribution in [1.29, 1.82) is 0 Å². The van der Waals surface area contributed by atoms with Crippen molar-refractivity contribution in [2.45, 2.75) is 51.6 Å². The molecule has 1 atom stereocenters. The zero-order valence-corrected chi connectivity index (χ0v) is 12.3. The number of piperidine rings is 1. The van der Waals surface area contributed by atoms with Crippen molar-refractivity contribution in [2.75, 3.05) is 11.9 Å². The highest BCUT2D eigenvalue weighted by Crippen LogP contribution is 2.22. The van der Waals surface area contributed by atoms with Crippen LogP contribution in [0.4, 0.5) is 10.5 Å². The zero-order valence-electron chi connectivity index (χ0n) is 12.3. The molecular weight excluding hydrogens is 272 g/mol. The molecule has 1 aromatic heterocycles. The minimum atomic E-state index is -0.815. The van der Waals surface area contributed by atoms with Crippen molar-refractivity contribution < 1.29 is 14.7 Å². The number of urea groups is 1. The number of nitrogens with one attached hydrogen (secondary N) is 1. The molecule has 0 spiro atoms. The van der Waals surface area contributed by atoms with Crippen molar-refractivity contribution in [3.05, 3.63) is 12.4 Å². The minimum absolute atomic E-state index is 0.0103. The summed E-state index contributed by atoms with van der Waals surface area (Å²) in [6.45, 7) is 3.41. The molecule has 0 aliphatic carbocycles. The van der Waals surface area contributed by atoms with Gasteiger partial charge >= 0.3 is 12.0 Å². The van der Waals surface area contributed by atoms with Gasteiger partial charge in [0.2, 0.25) is 0 Å². The number of amides is 2. The van der Waals surface area contributed by atoms with Gasteiger partial charge in [0.05, 0.1) is 11.9 Å². The summed E-state index contributed by atoms with van der Waals surface area (Å²) in [5.41, 5.74) is 0.671. The van der Waals surface area contributed by atoms with E-state index in [1.54, 1.807) is 22.0 Å². The second-order valence-corrected chi connectivity index (χ2v) is 5.29. The number of anilines is 1. The topological polar surface area (TPSA) is 87.5 Å². The van der Waals surface area contributed by atoms with Crippen LogP contribution in [0.2, 0.25) is 0 Å². The summed E-state index contributed by atoms with van der Waals surface area (Å²) in [7, 11) is 0. The van der Waals surface area contributed by atoms with Crippen LogP contribution in [-0.4, -0.2) is 44.4 Å². The lowest BCUT2D eigenvalue weighted by Crippen LogP contribution is -2.46. The van der Waals surface area contributed by atoms with Crippen molar-refractivity contribution in [1.82, 2.24) is 14.7 Å². The van der Waals surface area contributed by atoms with E-state index in [-0.39, 0.29) is 18.5 Å². The molecule has 2 amide bonds. The minimum Gasteiger partial charge on any atom is -0.481 e. The van der Waals surface area contributed by atoms with Gasteiger partial charge in [-0.15, -0.1) is 0 Å². The molecule has 2 heterocycles. The van der Waals surface area contributed by atoms with Crippen molar-refractivity contribution in [3.63, 3.8) is 0 Å². The van der Waals surface area contributed by atoms with Gasteiger partial charge in [0.1, 0.15) is 0 Å². The summed E-state index contributed by atoms with van der Waals surface area (Å²) in [6, 6.07) is -0.156. The average Bonchev–Trinajstić information content (AvgIpc) is 2.93. The number of hydrogen-bond acceptors (Lipinski definition) is 3. The summed E-state index contributed by atoms with van der Waals surface area (Å²) in [5.74, 6) is -0.815. The molecule has 1 fully saturated rings. The monoisotopic (exact) mass is 294 g/mol. The van der Waals surface area contributed by atoms with Crippen molar-refractivity contribution in [2.24, 2.45) is 0 Å². The van der Waals surface area contributed by atoms with Gasteiger partial charge in [-0.2, -0.15) is 5.10 Å². The third-order valence-electron chi connectivity index (χ3n) is 3.79. The summed E-state index contributed by atoms with van der Waals surface area (Å²) in [4.78, 5) is 24.8. The fourth-order valence-electron chi connectivity index (χ4n) is 2.65. The average molecular weight is 294 g/mol. The molecule has 7 heteroatoms. The van der Waals surface area contributed by atoms with Gasteiger partial charge in [-0.05, 0) is 32.6 Å². The maximum Gasteiger partial charge on any atom is 0.322 e. The molecule has 1 unspecified atom stereocenters. The van der Waals surface area contributed by atoms with Gasteiger partial charge in [0.25, 0.3) is 0 Å². The second kappa shape index (κ2) is 7.10. The Hall–Kier alpha value is -2.05. The van der Waals surface area contributed by atoms with Gasteiger partial charge in [-0.25, -0.2) is 4.79 Å². The number of carboxylic acids is 1. The molecular formula is C14H22N4O3. The third-order valence-corrected chi connectivity index (χ3v) is 3.79. The van der Waals surface area contributed by atoms with E-state index in [9.17, 15) is 9.59 Å². The molecule has 0 radical (unpaired) electrons. The summed E-state index contributed by atoms with van der Waals surface area (Å²) >= 11 is 0. The summed E-state index contributed by atoms with van der Waals surface area (Å²) in [5, 5.41) is 15.8. The van der Waals surface area contributed by atoms with Crippen LogP contribution in [0.25, 0.3) is 0 Å². The molecule has 1 aromatic rings. The van der Waals surface area contributed by atoms with Gasteiger partial charge in [0.15, 0.2) is 0 Å². The molecule has 2 N–H and O–H groups in total. The number of likely N-dealkylation sites (tertiary alicyclic amines) is 1.